The fourth-order valence-electron chi connectivity index (χ4n) is 1.29. The van der Waals surface area contributed by atoms with Crippen LogP contribution in [0.2, 0.25) is 0 Å². The summed E-state index contributed by atoms with van der Waals surface area (Å²) in [7, 11) is -3.66. The topological polar surface area (TPSA) is 52.6 Å². The third kappa shape index (κ3) is 5.16. The maximum Gasteiger partial charge on any atom is 0.297 e. The minimum atomic E-state index is -3.66. The first-order chi connectivity index (χ1) is 8.42. The average Bonchev–Trinajstić information content (AvgIpc) is 2.28. The Bertz CT molecular complexity index is 448. The molecule has 0 saturated carbocycles. The monoisotopic (exact) mass is 272 g/mol. The summed E-state index contributed by atoms with van der Waals surface area (Å²) in [6.45, 7) is 6.89. The van der Waals surface area contributed by atoms with Crippen molar-refractivity contribution in [3.63, 3.8) is 0 Å². The van der Waals surface area contributed by atoms with Gasteiger partial charge in [0.05, 0.1) is 18.1 Å². The Morgan fingerprint density at radius 1 is 1.11 bits per heavy atom. The zero-order chi connectivity index (χ0) is 13.6. The van der Waals surface area contributed by atoms with E-state index < -0.39 is 10.1 Å². The van der Waals surface area contributed by atoms with Gasteiger partial charge in [-0.25, -0.2) is 0 Å². The van der Waals surface area contributed by atoms with Crippen molar-refractivity contribution in [1.82, 2.24) is 0 Å². The van der Waals surface area contributed by atoms with Gasteiger partial charge in [-0.1, -0.05) is 31.5 Å². The molecule has 1 aromatic rings. The van der Waals surface area contributed by atoms with Gasteiger partial charge in [-0.2, -0.15) is 8.42 Å². The number of hydrogen-bond acceptors (Lipinski definition) is 4. The molecule has 0 atom stereocenters. The van der Waals surface area contributed by atoms with Crippen LogP contribution >= 0.6 is 0 Å². The van der Waals surface area contributed by atoms with Crippen LogP contribution in [0, 0.1) is 12.8 Å². The van der Waals surface area contributed by atoms with Gasteiger partial charge in [0.2, 0.25) is 0 Å². The summed E-state index contributed by atoms with van der Waals surface area (Å²) < 4.78 is 33.7. The second-order valence-corrected chi connectivity index (χ2v) is 6.17. The van der Waals surface area contributed by atoms with Gasteiger partial charge >= 0.3 is 0 Å². The molecule has 0 amide bonds. The van der Waals surface area contributed by atoms with Crippen molar-refractivity contribution >= 4 is 10.1 Å². The first-order valence-electron chi connectivity index (χ1n) is 5.95. The van der Waals surface area contributed by atoms with E-state index in [-0.39, 0.29) is 18.1 Å². The Hall–Kier alpha value is -0.910. The molecule has 5 heteroatoms. The highest BCUT2D eigenvalue weighted by Crippen LogP contribution is 2.12. The van der Waals surface area contributed by atoms with Crippen molar-refractivity contribution in [2.24, 2.45) is 5.92 Å². The Morgan fingerprint density at radius 2 is 1.72 bits per heavy atom. The second kappa shape index (κ2) is 6.87. The number of hydrogen-bond donors (Lipinski definition) is 0. The molecule has 0 radical (unpaired) electrons. The van der Waals surface area contributed by atoms with Gasteiger partial charge < -0.3 is 4.74 Å². The molecule has 102 valence electrons. The molecule has 4 nitrogen and oxygen atoms in total. The number of ether oxygens (including phenoxy) is 1. The molecule has 0 N–H and O–H groups in total. The van der Waals surface area contributed by atoms with E-state index in [1.165, 1.54) is 0 Å². The van der Waals surface area contributed by atoms with Gasteiger partial charge in [0.1, 0.15) is 0 Å². The predicted molar refractivity (Wildman–Crippen MR) is 70.0 cm³/mol. The zero-order valence-corrected chi connectivity index (χ0v) is 11.9. The van der Waals surface area contributed by atoms with E-state index in [4.69, 9.17) is 8.92 Å². The third-order valence-corrected chi connectivity index (χ3v) is 3.55. The molecule has 0 aliphatic carbocycles. The Labute approximate surface area is 109 Å². The molecule has 1 aromatic carbocycles. The minimum Gasteiger partial charge on any atom is -0.379 e. The smallest absolute Gasteiger partial charge is 0.297 e. The summed E-state index contributed by atoms with van der Waals surface area (Å²) in [5.74, 6) is 0.429. The van der Waals surface area contributed by atoms with Gasteiger partial charge in [0.25, 0.3) is 10.1 Å². The van der Waals surface area contributed by atoms with Crippen LogP contribution in [-0.4, -0.2) is 28.2 Å². The summed E-state index contributed by atoms with van der Waals surface area (Å²) in [6, 6.07) is 6.57. The van der Waals surface area contributed by atoms with Crippen LogP contribution < -0.4 is 0 Å². The molecule has 0 aliphatic heterocycles. The number of aryl methyl sites for hydroxylation is 1. The van der Waals surface area contributed by atoms with Gasteiger partial charge in [-0.05, 0) is 25.0 Å². The summed E-state index contributed by atoms with van der Waals surface area (Å²) in [5.41, 5.74) is 1.01. The van der Waals surface area contributed by atoms with Gasteiger partial charge in [0, 0.05) is 6.61 Å². The van der Waals surface area contributed by atoms with Crippen LogP contribution in [-0.2, 0) is 19.0 Å². The maximum atomic E-state index is 11.8. The highest BCUT2D eigenvalue weighted by atomic mass is 32.2. The van der Waals surface area contributed by atoms with E-state index in [1.807, 2.05) is 20.8 Å². The summed E-state index contributed by atoms with van der Waals surface area (Å²) in [6.07, 6.45) is 0. The van der Waals surface area contributed by atoms with E-state index >= 15 is 0 Å². The van der Waals surface area contributed by atoms with Gasteiger partial charge in [-0.15, -0.1) is 0 Å². The molecule has 0 saturated heterocycles. The fourth-order valence-corrected chi connectivity index (χ4v) is 2.19. The molecule has 0 fully saturated rings. The summed E-state index contributed by atoms with van der Waals surface area (Å²) in [5, 5.41) is 0. The molecule has 0 spiro atoms. The average molecular weight is 272 g/mol. The molecule has 0 aliphatic rings. The van der Waals surface area contributed by atoms with E-state index in [2.05, 4.69) is 0 Å². The zero-order valence-electron chi connectivity index (χ0n) is 11.0. The van der Waals surface area contributed by atoms with Crippen LogP contribution in [0.3, 0.4) is 0 Å². The maximum absolute atomic E-state index is 11.8. The predicted octanol–water partition coefficient (Wildman–Crippen LogP) is 2.37. The molecule has 0 heterocycles. The standard InChI is InChI=1S/C13H20O4S/c1-11(2)10-16-8-9-17-18(14,15)13-6-4-12(3)5-7-13/h4-7,11H,8-10H2,1-3H3. The third-order valence-electron chi connectivity index (χ3n) is 2.23. The van der Waals surface area contributed by atoms with Crippen molar-refractivity contribution in [3.05, 3.63) is 29.8 Å². The Kier molecular flexibility index (Phi) is 5.78. The van der Waals surface area contributed by atoms with Crippen molar-refractivity contribution in [2.75, 3.05) is 19.8 Å². The summed E-state index contributed by atoms with van der Waals surface area (Å²) in [4.78, 5) is 0.178. The first-order valence-corrected chi connectivity index (χ1v) is 7.36. The molecule has 0 aromatic heterocycles. The molecular weight excluding hydrogens is 252 g/mol. The largest absolute Gasteiger partial charge is 0.379 e. The van der Waals surface area contributed by atoms with E-state index in [0.717, 1.165) is 5.56 Å². The number of benzene rings is 1. The van der Waals surface area contributed by atoms with Crippen molar-refractivity contribution < 1.29 is 17.3 Å². The SMILES string of the molecule is Cc1ccc(S(=O)(=O)OCCOCC(C)C)cc1. The Morgan fingerprint density at radius 3 is 2.28 bits per heavy atom. The normalized spacial score (nSPS) is 12.0. The number of rotatable bonds is 7. The van der Waals surface area contributed by atoms with Gasteiger partial charge in [0.15, 0.2) is 0 Å². The van der Waals surface area contributed by atoms with E-state index in [0.29, 0.717) is 12.5 Å². The Balaban J connectivity index is 2.43. The quantitative estimate of drug-likeness (QED) is 0.565. The first kappa shape index (κ1) is 15.1. The van der Waals surface area contributed by atoms with E-state index in [1.54, 1.807) is 24.3 Å². The summed E-state index contributed by atoms with van der Waals surface area (Å²) >= 11 is 0. The highest BCUT2D eigenvalue weighted by molar-refractivity contribution is 7.86. The molecular formula is C13H20O4S. The van der Waals surface area contributed by atoms with Crippen LogP contribution in [0.25, 0.3) is 0 Å². The lowest BCUT2D eigenvalue weighted by atomic mass is 10.2. The molecule has 0 bridgehead atoms. The lowest BCUT2D eigenvalue weighted by molar-refractivity contribution is 0.0835. The lowest BCUT2D eigenvalue weighted by Crippen LogP contribution is -2.13. The van der Waals surface area contributed by atoms with Crippen molar-refractivity contribution in [3.8, 4) is 0 Å². The molecule has 18 heavy (non-hydrogen) atoms. The van der Waals surface area contributed by atoms with Crippen molar-refractivity contribution in [2.45, 2.75) is 25.7 Å². The van der Waals surface area contributed by atoms with Crippen LogP contribution in [0.4, 0.5) is 0 Å². The molecule has 1 rings (SSSR count). The second-order valence-electron chi connectivity index (χ2n) is 4.56. The van der Waals surface area contributed by atoms with Crippen LogP contribution in [0.15, 0.2) is 29.2 Å². The van der Waals surface area contributed by atoms with Crippen LogP contribution in [0.5, 0.6) is 0 Å². The van der Waals surface area contributed by atoms with Crippen molar-refractivity contribution in [1.29, 1.82) is 0 Å². The van der Waals surface area contributed by atoms with Gasteiger partial charge in [-0.3, -0.25) is 4.18 Å². The fraction of sp³-hybridized carbons (Fsp3) is 0.538. The highest BCUT2D eigenvalue weighted by Gasteiger charge is 2.14. The van der Waals surface area contributed by atoms with E-state index in [9.17, 15) is 8.42 Å². The lowest BCUT2D eigenvalue weighted by Gasteiger charge is -2.08. The molecule has 0 unspecified atom stereocenters. The van der Waals surface area contributed by atoms with Crippen LogP contribution in [0.1, 0.15) is 19.4 Å². The minimum absolute atomic E-state index is 0.0446.